The highest BCUT2D eigenvalue weighted by atomic mass is 15.4. The third-order valence-electron chi connectivity index (χ3n) is 4.63. The minimum atomic E-state index is 0.203. The van der Waals surface area contributed by atoms with Crippen molar-refractivity contribution >= 4 is 0 Å². The minimum absolute atomic E-state index is 0.203. The van der Waals surface area contributed by atoms with Crippen molar-refractivity contribution < 1.29 is 0 Å². The van der Waals surface area contributed by atoms with E-state index in [9.17, 15) is 0 Å². The van der Waals surface area contributed by atoms with E-state index in [4.69, 9.17) is 10.1 Å². The van der Waals surface area contributed by atoms with Gasteiger partial charge in [-0.25, -0.2) is 19.3 Å². The van der Waals surface area contributed by atoms with Gasteiger partial charge in [0.05, 0.1) is 18.9 Å². The predicted molar refractivity (Wildman–Crippen MR) is 92.4 cm³/mol. The van der Waals surface area contributed by atoms with Crippen LogP contribution in [0, 0.1) is 0 Å². The van der Waals surface area contributed by atoms with Crippen molar-refractivity contribution in [1.82, 2.24) is 44.3 Å². The Morgan fingerprint density at radius 1 is 1.15 bits per heavy atom. The average Bonchev–Trinajstić information content (AvgIpc) is 3.40. The molecule has 9 heteroatoms. The topological polar surface area (TPSA) is 92.1 Å². The van der Waals surface area contributed by atoms with Crippen LogP contribution in [0.25, 0.3) is 17.2 Å². The molecule has 130 valence electrons. The number of nitrogens with zero attached hydrogens (tertiary/aromatic N) is 9. The Hall–Kier alpha value is -3.36. The fourth-order valence-corrected chi connectivity index (χ4v) is 3.35. The molecule has 0 N–H and O–H groups in total. The van der Waals surface area contributed by atoms with E-state index in [0.717, 1.165) is 42.4 Å². The summed E-state index contributed by atoms with van der Waals surface area (Å²) in [6.07, 6.45) is 8.93. The summed E-state index contributed by atoms with van der Waals surface area (Å²) in [6, 6.07) is 5.74. The summed E-state index contributed by atoms with van der Waals surface area (Å²) in [5.41, 5.74) is 1.65. The molecule has 0 saturated heterocycles. The molecule has 1 aliphatic rings. The fraction of sp³-hybridized carbons (Fsp3) is 0.294. The third kappa shape index (κ3) is 2.48. The number of pyridine rings is 1. The molecule has 4 aromatic rings. The lowest BCUT2D eigenvalue weighted by Gasteiger charge is -2.21. The van der Waals surface area contributed by atoms with Gasteiger partial charge in [0.25, 0.3) is 0 Å². The second-order valence-corrected chi connectivity index (χ2v) is 6.39. The van der Waals surface area contributed by atoms with Crippen LogP contribution in [0.4, 0.5) is 0 Å². The summed E-state index contributed by atoms with van der Waals surface area (Å²) in [5.74, 6) is 2.75. The molecule has 0 radical (unpaired) electrons. The van der Waals surface area contributed by atoms with Gasteiger partial charge in [0.2, 0.25) is 0 Å². The van der Waals surface area contributed by atoms with E-state index >= 15 is 0 Å². The van der Waals surface area contributed by atoms with Gasteiger partial charge in [-0.2, -0.15) is 10.2 Å². The van der Waals surface area contributed by atoms with Crippen molar-refractivity contribution in [3.63, 3.8) is 0 Å². The van der Waals surface area contributed by atoms with Gasteiger partial charge >= 0.3 is 0 Å². The monoisotopic (exact) mass is 347 g/mol. The molecule has 26 heavy (non-hydrogen) atoms. The summed E-state index contributed by atoms with van der Waals surface area (Å²) in [6.45, 7) is 0.746. The maximum absolute atomic E-state index is 4.84. The first-order chi connectivity index (χ1) is 12.8. The van der Waals surface area contributed by atoms with Crippen LogP contribution in [0.15, 0.2) is 43.1 Å². The van der Waals surface area contributed by atoms with E-state index in [1.165, 1.54) is 0 Å². The standard InChI is InChI=1S/C17H17N9/c1-24-10-13(8-20-24)26-17(12-5-6-15-19-11-21-25(15)9-12)22-16(23-26)14-4-2-3-7-18-14/h2-4,7-8,10-12H,5-6,9H2,1H3. The van der Waals surface area contributed by atoms with Crippen LogP contribution in [-0.2, 0) is 20.0 Å². The molecule has 0 amide bonds. The first-order valence-electron chi connectivity index (χ1n) is 8.52. The summed E-state index contributed by atoms with van der Waals surface area (Å²) < 4.78 is 5.60. The van der Waals surface area contributed by atoms with Gasteiger partial charge in [0, 0.05) is 25.6 Å². The van der Waals surface area contributed by atoms with Crippen molar-refractivity contribution in [2.24, 2.45) is 7.05 Å². The molecule has 4 aromatic heterocycles. The fourth-order valence-electron chi connectivity index (χ4n) is 3.35. The van der Waals surface area contributed by atoms with Gasteiger partial charge in [-0.15, -0.1) is 5.10 Å². The van der Waals surface area contributed by atoms with Crippen LogP contribution in [0.2, 0.25) is 0 Å². The predicted octanol–water partition coefficient (Wildman–Crippen LogP) is 1.38. The zero-order valence-electron chi connectivity index (χ0n) is 14.3. The minimum Gasteiger partial charge on any atom is -0.274 e. The maximum Gasteiger partial charge on any atom is 0.200 e. The van der Waals surface area contributed by atoms with Crippen LogP contribution in [0.3, 0.4) is 0 Å². The van der Waals surface area contributed by atoms with Crippen molar-refractivity contribution in [2.45, 2.75) is 25.3 Å². The summed E-state index contributed by atoms with van der Waals surface area (Å²) in [7, 11) is 1.89. The first-order valence-corrected chi connectivity index (χ1v) is 8.52. The van der Waals surface area contributed by atoms with Gasteiger partial charge in [0.1, 0.15) is 29.4 Å². The van der Waals surface area contributed by atoms with Crippen molar-refractivity contribution in [3.8, 4) is 17.2 Å². The Kier molecular flexibility index (Phi) is 3.37. The van der Waals surface area contributed by atoms with Crippen LogP contribution < -0.4 is 0 Å². The summed E-state index contributed by atoms with van der Waals surface area (Å²) in [5, 5.41) is 13.3. The average molecular weight is 347 g/mol. The molecular formula is C17H17N9. The highest BCUT2D eigenvalue weighted by Gasteiger charge is 2.27. The number of aryl methyl sites for hydroxylation is 2. The molecule has 0 fully saturated rings. The molecule has 0 aromatic carbocycles. The van der Waals surface area contributed by atoms with Crippen LogP contribution in [0.1, 0.15) is 24.0 Å². The molecule has 1 unspecified atom stereocenters. The van der Waals surface area contributed by atoms with Crippen molar-refractivity contribution in [1.29, 1.82) is 0 Å². The lowest BCUT2D eigenvalue weighted by atomic mass is 9.99. The molecule has 9 nitrogen and oxygen atoms in total. The third-order valence-corrected chi connectivity index (χ3v) is 4.63. The number of aromatic nitrogens is 9. The Morgan fingerprint density at radius 3 is 2.92 bits per heavy atom. The molecule has 1 atom stereocenters. The molecule has 5 rings (SSSR count). The Labute approximate surface area is 149 Å². The maximum atomic E-state index is 4.84. The normalized spacial score (nSPS) is 16.6. The molecule has 0 bridgehead atoms. The van der Waals surface area contributed by atoms with Crippen LogP contribution in [-0.4, -0.2) is 44.3 Å². The largest absolute Gasteiger partial charge is 0.274 e. The van der Waals surface area contributed by atoms with Gasteiger partial charge in [-0.1, -0.05) is 6.07 Å². The van der Waals surface area contributed by atoms with E-state index in [2.05, 4.69) is 20.2 Å². The van der Waals surface area contributed by atoms with Crippen LogP contribution >= 0.6 is 0 Å². The number of hydrogen-bond donors (Lipinski definition) is 0. The van der Waals surface area contributed by atoms with Crippen molar-refractivity contribution in [2.75, 3.05) is 0 Å². The zero-order chi connectivity index (χ0) is 17.5. The van der Waals surface area contributed by atoms with E-state index in [1.54, 1.807) is 23.4 Å². The summed E-state index contributed by atoms with van der Waals surface area (Å²) >= 11 is 0. The van der Waals surface area contributed by atoms with E-state index in [0.29, 0.717) is 5.82 Å². The van der Waals surface area contributed by atoms with E-state index in [-0.39, 0.29) is 5.92 Å². The highest BCUT2D eigenvalue weighted by Crippen LogP contribution is 2.29. The Balaban J connectivity index is 1.60. The highest BCUT2D eigenvalue weighted by molar-refractivity contribution is 5.49. The summed E-state index contributed by atoms with van der Waals surface area (Å²) in [4.78, 5) is 13.5. The molecule has 0 spiro atoms. The smallest absolute Gasteiger partial charge is 0.200 e. The Bertz CT molecular complexity index is 1040. The second kappa shape index (κ2) is 5.87. The van der Waals surface area contributed by atoms with E-state index in [1.807, 2.05) is 40.8 Å². The molecular weight excluding hydrogens is 330 g/mol. The van der Waals surface area contributed by atoms with Gasteiger partial charge in [-0.3, -0.25) is 9.67 Å². The quantitative estimate of drug-likeness (QED) is 0.556. The number of hydrogen-bond acceptors (Lipinski definition) is 6. The number of rotatable bonds is 3. The number of fused-ring (bicyclic) bond motifs is 1. The lowest BCUT2D eigenvalue weighted by molar-refractivity contribution is 0.404. The van der Waals surface area contributed by atoms with Crippen LogP contribution in [0.5, 0.6) is 0 Å². The van der Waals surface area contributed by atoms with Gasteiger partial charge < -0.3 is 0 Å². The van der Waals surface area contributed by atoms with Gasteiger partial charge in [-0.05, 0) is 18.6 Å². The zero-order valence-corrected chi connectivity index (χ0v) is 14.3. The van der Waals surface area contributed by atoms with Crippen molar-refractivity contribution in [3.05, 3.63) is 54.8 Å². The second-order valence-electron chi connectivity index (χ2n) is 6.39. The molecule has 0 saturated carbocycles. The molecule has 5 heterocycles. The molecule has 0 aliphatic carbocycles. The lowest BCUT2D eigenvalue weighted by Crippen LogP contribution is -2.22. The Morgan fingerprint density at radius 2 is 2.12 bits per heavy atom. The van der Waals surface area contributed by atoms with Gasteiger partial charge in [0.15, 0.2) is 5.82 Å². The van der Waals surface area contributed by atoms with E-state index < -0.39 is 0 Å². The first kappa shape index (κ1) is 14.9. The SMILES string of the molecule is Cn1cc(-n2nc(-c3ccccn3)nc2C2CCc3ncnn3C2)cn1. The molecule has 1 aliphatic heterocycles.